The number of para-hydroxylation sites is 2. The molecule has 280 valence electrons. The van der Waals surface area contributed by atoms with Gasteiger partial charge in [-0.05, 0) is 56.8 Å². The second kappa shape index (κ2) is 14.1. The van der Waals surface area contributed by atoms with Gasteiger partial charge in [0, 0.05) is 43.6 Å². The number of rotatable bonds is 4. The first-order valence-electron chi connectivity index (χ1n) is 20.3. The SMILES string of the molecule is CCC.c1ccc(-c2nc(-c3ccc4ccccc4c3)nc(-n3c4c(-c5ccc6c(c5)oc5ccccc56)cccc4c4c5ccccc5c5ccccc5c43)n2)cc1. The summed E-state index contributed by atoms with van der Waals surface area (Å²) in [6.45, 7) is 4.25. The number of aromatic nitrogens is 4. The van der Waals surface area contributed by atoms with Crippen molar-refractivity contribution in [1.29, 1.82) is 0 Å². The number of benzene rings is 9. The summed E-state index contributed by atoms with van der Waals surface area (Å²) in [4.78, 5) is 15.9. The Morgan fingerprint density at radius 3 is 1.80 bits per heavy atom. The molecule has 0 bridgehead atoms. The van der Waals surface area contributed by atoms with E-state index in [1.165, 1.54) is 28.0 Å². The van der Waals surface area contributed by atoms with E-state index in [1.807, 2.05) is 30.3 Å². The number of nitrogens with zero attached hydrogens (tertiary/aromatic N) is 4. The third-order valence-corrected chi connectivity index (χ3v) is 11.2. The second-order valence-corrected chi connectivity index (χ2v) is 15.1. The zero-order valence-electron chi connectivity index (χ0n) is 32.7. The molecule has 5 heteroatoms. The lowest BCUT2D eigenvalue weighted by Crippen LogP contribution is -2.07. The lowest BCUT2D eigenvalue weighted by atomic mass is 9.96. The van der Waals surface area contributed by atoms with Crippen LogP contribution in [0.5, 0.6) is 0 Å². The van der Waals surface area contributed by atoms with Crippen LogP contribution in [0.4, 0.5) is 0 Å². The molecule has 3 heterocycles. The van der Waals surface area contributed by atoms with E-state index in [-0.39, 0.29) is 0 Å². The standard InChI is InChI=1S/C51H30N4O.C3H8/c1-2-14-32(15-3-1)49-52-50(35-26-25-31-13-4-5-16-33(31)29-35)54-51(53-49)55-47-36(34-27-28-40-39-19-10-11-24-44(39)56-45(40)30-34)22-12-23-43(47)46-41-20-8-6-17-37(41)38-18-7-9-21-42(38)48(46)55;1-3-2/h1-30H;3H2,1-2H3. The van der Waals surface area contributed by atoms with Crippen LogP contribution in [-0.2, 0) is 0 Å². The monoisotopic (exact) mass is 758 g/mol. The minimum atomic E-state index is 0.555. The molecular weight excluding hydrogens is 721 g/mol. The average molecular weight is 759 g/mol. The van der Waals surface area contributed by atoms with E-state index in [0.29, 0.717) is 17.6 Å². The van der Waals surface area contributed by atoms with Crippen LogP contribution < -0.4 is 0 Å². The van der Waals surface area contributed by atoms with Crippen molar-refractivity contribution < 1.29 is 4.42 Å². The van der Waals surface area contributed by atoms with Gasteiger partial charge in [0.1, 0.15) is 11.2 Å². The van der Waals surface area contributed by atoms with Crippen LogP contribution in [0.2, 0.25) is 0 Å². The van der Waals surface area contributed by atoms with Gasteiger partial charge in [-0.3, -0.25) is 4.57 Å². The molecule has 9 aromatic carbocycles. The van der Waals surface area contributed by atoms with Crippen molar-refractivity contribution in [1.82, 2.24) is 19.5 Å². The summed E-state index contributed by atoms with van der Waals surface area (Å²) >= 11 is 0. The molecule has 0 saturated carbocycles. The predicted octanol–water partition coefficient (Wildman–Crippen LogP) is 14.7. The fourth-order valence-corrected chi connectivity index (χ4v) is 8.69. The summed E-state index contributed by atoms with van der Waals surface area (Å²) < 4.78 is 8.72. The fraction of sp³-hybridized carbons (Fsp3) is 0.0556. The Labute approximate surface area is 340 Å². The molecule has 0 aliphatic heterocycles. The molecule has 0 unspecified atom stereocenters. The molecule has 0 radical (unpaired) electrons. The quantitative estimate of drug-likeness (QED) is 0.168. The van der Waals surface area contributed by atoms with E-state index in [9.17, 15) is 0 Å². The maximum atomic E-state index is 6.44. The van der Waals surface area contributed by atoms with Crippen molar-refractivity contribution in [2.45, 2.75) is 20.3 Å². The van der Waals surface area contributed by atoms with Crippen molar-refractivity contribution in [3.8, 4) is 39.9 Å². The van der Waals surface area contributed by atoms with Crippen molar-refractivity contribution in [3.05, 3.63) is 182 Å². The average Bonchev–Trinajstić information content (AvgIpc) is 3.86. The van der Waals surface area contributed by atoms with Crippen LogP contribution in [0.1, 0.15) is 20.3 Å². The Balaban J connectivity index is 0.00000129. The topological polar surface area (TPSA) is 56.7 Å². The van der Waals surface area contributed by atoms with Gasteiger partial charge >= 0.3 is 0 Å². The number of hydrogen-bond acceptors (Lipinski definition) is 4. The first kappa shape index (κ1) is 34.6. The first-order valence-corrected chi connectivity index (χ1v) is 20.3. The summed E-state index contributed by atoms with van der Waals surface area (Å²) in [5.41, 5.74) is 7.76. The van der Waals surface area contributed by atoms with Crippen molar-refractivity contribution >= 4 is 76.1 Å². The highest BCUT2D eigenvalue weighted by molar-refractivity contribution is 6.33. The molecule has 0 amide bonds. The Hall–Kier alpha value is -7.63. The van der Waals surface area contributed by atoms with Gasteiger partial charge in [0.15, 0.2) is 11.6 Å². The van der Waals surface area contributed by atoms with Crippen LogP contribution in [-0.4, -0.2) is 19.5 Å². The highest BCUT2D eigenvalue weighted by Gasteiger charge is 2.24. The Kier molecular flexibility index (Phi) is 8.26. The van der Waals surface area contributed by atoms with Gasteiger partial charge in [-0.15, -0.1) is 0 Å². The van der Waals surface area contributed by atoms with Crippen molar-refractivity contribution in [2.75, 3.05) is 0 Å². The first-order chi connectivity index (χ1) is 29.2. The Bertz CT molecular complexity index is 3560. The zero-order valence-corrected chi connectivity index (χ0v) is 32.7. The number of hydrogen-bond donors (Lipinski definition) is 0. The van der Waals surface area contributed by atoms with Crippen LogP contribution in [0, 0.1) is 0 Å². The highest BCUT2D eigenvalue weighted by Crippen LogP contribution is 2.45. The molecule has 12 aromatic rings. The van der Waals surface area contributed by atoms with Crippen LogP contribution in [0.25, 0.3) is 116 Å². The minimum absolute atomic E-state index is 0.555. The lowest BCUT2D eigenvalue weighted by Gasteiger charge is -2.14. The summed E-state index contributed by atoms with van der Waals surface area (Å²) in [5, 5.41) is 11.5. The summed E-state index contributed by atoms with van der Waals surface area (Å²) in [7, 11) is 0. The number of furan rings is 1. The summed E-state index contributed by atoms with van der Waals surface area (Å²) in [6.07, 6.45) is 1.25. The van der Waals surface area contributed by atoms with Crippen LogP contribution in [0.3, 0.4) is 0 Å². The maximum absolute atomic E-state index is 6.44. The van der Waals surface area contributed by atoms with E-state index in [0.717, 1.165) is 76.8 Å². The van der Waals surface area contributed by atoms with Gasteiger partial charge in [0.05, 0.1) is 11.0 Å². The lowest BCUT2D eigenvalue weighted by molar-refractivity contribution is 0.669. The van der Waals surface area contributed by atoms with E-state index in [4.69, 9.17) is 19.4 Å². The highest BCUT2D eigenvalue weighted by atomic mass is 16.3. The van der Waals surface area contributed by atoms with Crippen molar-refractivity contribution in [2.24, 2.45) is 0 Å². The molecule has 59 heavy (non-hydrogen) atoms. The molecule has 0 spiro atoms. The van der Waals surface area contributed by atoms with Gasteiger partial charge in [-0.1, -0.05) is 178 Å². The molecule has 0 atom stereocenters. The van der Waals surface area contributed by atoms with E-state index in [1.54, 1.807) is 0 Å². The van der Waals surface area contributed by atoms with Gasteiger partial charge in [0.2, 0.25) is 5.95 Å². The van der Waals surface area contributed by atoms with Gasteiger partial charge in [-0.25, -0.2) is 4.98 Å². The third-order valence-electron chi connectivity index (χ3n) is 11.2. The molecule has 3 aromatic heterocycles. The summed E-state index contributed by atoms with van der Waals surface area (Å²) in [5.74, 6) is 1.78. The van der Waals surface area contributed by atoms with E-state index >= 15 is 0 Å². The zero-order chi connectivity index (χ0) is 39.5. The Morgan fingerprint density at radius 2 is 1.00 bits per heavy atom. The molecule has 5 nitrogen and oxygen atoms in total. The summed E-state index contributed by atoms with van der Waals surface area (Å²) in [6, 6.07) is 63.8. The van der Waals surface area contributed by atoms with E-state index in [2.05, 4.69) is 170 Å². The Morgan fingerprint density at radius 1 is 0.407 bits per heavy atom. The molecular formula is C54H38N4O. The molecule has 0 aliphatic rings. The molecule has 0 fully saturated rings. The molecule has 0 aliphatic carbocycles. The van der Waals surface area contributed by atoms with Crippen LogP contribution in [0.15, 0.2) is 186 Å². The third kappa shape index (κ3) is 5.65. The van der Waals surface area contributed by atoms with Crippen molar-refractivity contribution in [3.63, 3.8) is 0 Å². The maximum Gasteiger partial charge on any atom is 0.238 e. The number of fused-ring (bicyclic) bond motifs is 12. The minimum Gasteiger partial charge on any atom is -0.456 e. The largest absolute Gasteiger partial charge is 0.456 e. The molecule has 12 rings (SSSR count). The fourth-order valence-electron chi connectivity index (χ4n) is 8.69. The van der Waals surface area contributed by atoms with Gasteiger partial charge in [-0.2, -0.15) is 9.97 Å². The molecule has 0 saturated heterocycles. The second-order valence-electron chi connectivity index (χ2n) is 15.1. The smallest absolute Gasteiger partial charge is 0.238 e. The van der Waals surface area contributed by atoms with Gasteiger partial charge in [0.25, 0.3) is 0 Å². The van der Waals surface area contributed by atoms with E-state index < -0.39 is 0 Å². The van der Waals surface area contributed by atoms with Crippen LogP contribution >= 0.6 is 0 Å². The van der Waals surface area contributed by atoms with Gasteiger partial charge < -0.3 is 4.42 Å². The normalized spacial score (nSPS) is 11.6. The predicted molar refractivity (Wildman–Crippen MR) is 246 cm³/mol. The molecule has 0 N–H and O–H groups in total.